The molecule has 0 spiro atoms. The zero-order chi connectivity index (χ0) is 15.8. The van der Waals surface area contributed by atoms with Crippen molar-refractivity contribution in [1.82, 2.24) is 5.32 Å². The normalized spacial score (nSPS) is 12.2. The summed E-state index contributed by atoms with van der Waals surface area (Å²) in [5, 5.41) is 14.8. The van der Waals surface area contributed by atoms with E-state index in [0.717, 1.165) is 12.0 Å². The number of carbonyl (C=O) groups excluding carboxylic acids is 1. The highest BCUT2D eigenvalue weighted by molar-refractivity contribution is 5.94. The summed E-state index contributed by atoms with van der Waals surface area (Å²) in [5.74, 6) is -0.805. The largest absolute Gasteiger partial charge is 0.480 e. The van der Waals surface area contributed by atoms with Gasteiger partial charge < -0.3 is 15.7 Å². The number of para-hydroxylation sites is 1. The van der Waals surface area contributed by atoms with Crippen molar-refractivity contribution in [2.24, 2.45) is 5.92 Å². The maximum Gasteiger partial charge on any atom is 0.321 e. The maximum atomic E-state index is 12.0. The third kappa shape index (κ3) is 6.40. The molecule has 0 fully saturated rings. The van der Waals surface area contributed by atoms with E-state index >= 15 is 0 Å². The lowest BCUT2D eigenvalue weighted by Crippen LogP contribution is -2.40. The zero-order valence-corrected chi connectivity index (χ0v) is 12.8. The SMILES string of the molecule is Cc1ccccc1NC(=O)CC(NCCC(C)C)C(=O)O. The van der Waals surface area contributed by atoms with E-state index in [1.54, 1.807) is 6.07 Å². The van der Waals surface area contributed by atoms with Gasteiger partial charge in [0.2, 0.25) is 5.91 Å². The molecule has 0 heterocycles. The molecule has 0 aliphatic rings. The van der Waals surface area contributed by atoms with Crippen LogP contribution in [0.2, 0.25) is 0 Å². The summed E-state index contributed by atoms with van der Waals surface area (Å²) in [6, 6.07) is 6.56. The van der Waals surface area contributed by atoms with Crippen LogP contribution in [0.1, 0.15) is 32.3 Å². The molecule has 0 saturated heterocycles. The Hall–Kier alpha value is -1.88. The van der Waals surface area contributed by atoms with Crippen molar-refractivity contribution >= 4 is 17.6 Å². The van der Waals surface area contributed by atoms with Gasteiger partial charge in [0.25, 0.3) is 0 Å². The van der Waals surface area contributed by atoms with Gasteiger partial charge in [-0.25, -0.2) is 0 Å². The highest BCUT2D eigenvalue weighted by Gasteiger charge is 2.20. The predicted molar refractivity (Wildman–Crippen MR) is 83.3 cm³/mol. The topological polar surface area (TPSA) is 78.4 Å². The summed E-state index contributed by atoms with van der Waals surface area (Å²) in [6.07, 6.45) is 0.797. The van der Waals surface area contributed by atoms with Crippen LogP contribution in [0.5, 0.6) is 0 Å². The third-order valence-corrected chi connectivity index (χ3v) is 3.22. The summed E-state index contributed by atoms with van der Waals surface area (Å²) in [6.45, 7) is 6.63. The Kier molecular flexibility index (Phi) is 6.88. The number of rotatable bonds is 8. The number of aryl methyl sites for hydroxylation is 1. The van der Waals surface area contributed by atoms with Crippen molar-refractivity contribution in [3.8, 4) is 0 Å². The second-order valence-electron chi connectivity index (χ2n) is 5.59. The van der Waals surface area contributed by atoms with E-state index in [9.17, 15) is 9.59 Å². The molecular weight excluding hydrogens is 268 g/mol. The van der Waals surface area contributed by atoms with Crippen molar-refractivity contribution in [3.05, 3.63) is 29.8 Å². The van der Waals surface area contributed by atoms with E-state index in [1.165, 1.54) is 0 Å². The first-order chi connectivity index (χ1) is 9.90. The number of hydrogen-bond donors (Lipinski definition) is 3. The number of amides is 1. The smallest absolute Gasteiger partial charge is 0.321 e. The van der Waals surface area contributed by atoms with Crippen LogP contribution in [0.25, 0.3) is 0 Å². The van der Waals surface area contributed by atoms with E-state index in [1.807, 2.05) is 25.1 Å². The summed E-state index contributed by atoms with van der Waals surface area (Å²) in [7, 11) is 0. The van der Waals surface area contributed by atoms with Gasteiger partial charge in [0.05, 0.1) is 6.42 Å². The van der Waals surface area contributed by atoms with Crippen molar-refractivity contribution in [1.29, 1.82) is 0 Å². The number of carboxylic acids is 1. The van der Waals surface area contributed by atoms with Crippen LogP contribution in [0.3, 0.4) is 0 Å². The van der Waals surface area contributed by atoms with Crippen molar-refractivity contribution in [2.75, 3.05) is 11.9 Å². The Morgan fingerprint density at radius 3 is 2.48 bits per heavy atom. The van der Waals surface area contributed by atoms with Gasteiger partial charge >= 0.3 is 5.97 Å². The fraction of sp³-hybridized carbons (Fsp3) is 0.500. The maximum absolute atomic E-state index is 12.0. The van der Waals surface area contributed by atoms with Crippen LogP contribution in [0.4, 0.5) is 5.69 Å². The Labute approximate surface area is 125 Å². The third-order valence-electron chi connectivity index (χ3n) is 3.22. The van der Waals surface area contributed by atoms with Crippen LogP contribution in [-0.4, -0.2) is 29.6 Å². The molecule has 3 N–H and O–H groups in total. The molecule has 0 aromatic heterocycles. The van der Waals surface area contributed by atoms with Crippen molar-refractivity contribution in [3.63, 3.8) is 0 Å². The van der Waals surface area contributed by atoms with Gasteiger partial charge in [0, 0.05) is 5.69 Å². The van der Waals surface area contributed by atoms with Crippen LogP contribution in [-0.2, 0) is 9.59 Å². The first-order valence-electron chi connectivity index (χ1n) is 7.21. The molecule has 1 aromatic carbocycles. The van der Waals surface area contributed by atoms with Crippen molar-refractivity contribution < 1.29 is 14.7 Å². The van der Waals surface area contributed by atoms with Gasteiger partial charge in [-0.05, 0) is 37.4 Å². The van der Waals surface area contributed by atoms with E-state index < -0.39 is 12.0 Å². The molecule has 0 saturated carbocycles. The van der Waals surface area contributed by atoms with Gasteiger partial charge in [0.15, 0.2) is 0 Å². The molecule has 0 aliphatic carbocycles. The van der Waals surface area contributed by atoms with E-state index in [0.29, 0.717) is 18.2 Å². The number of nitrogens with one attached hydrogen (secondary N) is 2. The van der Waals surface area contributed by atoms with Gasteiger partial charge in [-0.1, -0.05) is 32.0 Å². The van der Waals surface area contributed by atoms with Gasteiger partial charge in [0.1, 0.15) is 6.04 Å². The summed E-state index contributed by atoms with van der Waals surface area (Å²) >= 11 is 0. The number of anilines is 1. The lowest BCUT2D eigenvalue weighted by Gasteiger charge is -2.15. The summed E-state index contributed by atoms with van der Waals surface area (Å²) < 4.78 is 0. The van der Waals surface area contributed by atoms with Gasteiger partial charge in [-0.2, -0.15) is 0 Å². The fourth-order valence-corrected chi connectivity index (χ4v) is 1.89. The number of carbonyl (C=O) groups is 2. The summed E-state index contributed by atoms with van der Waals surface area (Å²) in [5.41, 5.74) is 1.67. The molecule has 5 heteroatoms. The van der Waals surface area contributed by atoms with E-state index in [-0.39, 0.29) is 12.3 Å². The molecule has 0 radical (unpaired) electrons. The average molecular weight is 292 g/mol. The molecule has 1 aromatic rings. The minimum absolute atomic E-state index is 0.0816. The Bertz CT molecular complexity index is 486. The molecule has 1 unspecified atom stereocenters. The number of hydrogen-bond acceptors (Lipinski definition) is 3. The molecule has 5 nitrogen and oxygen atoms in total. The minimum atomic E-state index is -1.00. The minimum Gasteiger partial charge on any atom is -0.480 e. The lowest BCUT2D eigenvalue weighted by molar-refractivity contribution is -0.141. The second kappa shape index (κ2) is 8.42. The standard InChI is InChI=1S/C16H24N2O3/c1-11(2)8-9-17-14(16(20)21)10-15(19)18-13-7-5-4-6-12(13)3/h4-7,11,14,17H,8-10H2,1-3H3,(H,18,19)(H,20,21). The molecule has 116 valence electrons. The molecule has 1 atom stereocenters. The van der Waals surface area contributed by atoms with Crippen molar-refractivity contribution in [2.45, 2.75) is 39.7 Å². The highest BCUT2D eigenvalue weighted by atomic mass is 16.4. The number of aliphatic carboxylic acids is 1. The number of carboxylic acid groups (broad SMARTS) is 1. The van der Waals surface area contributed by atoms with Crippen LogP contribution >= 0.6 is 0 Å². The molecule has 1 amide bonds. The monoisotopic (exact) mass is 292 g/mol. The van der Waals surface area contributed by atoms with E-state index in [2.05, 4.69) is 24.5 Å². The molecule has 1 rings (SSSR count). The Balaban J connectivity index is 2.53. The Morgan fingerprint density at radius 2 is 1.90 bits per heavy atom. The predicted octanol–water partition coefficient (Wildman–Crippen LogP) is 2.41. The van der Waals surface area contributed by atoms with Gasteiger partial charge in [-0.15, -0.1) is 0 Å². The molecule has 0 bridgehead atoms. The first kappa shape index (κ1) is 17.2. The average Bonchev–Trinajstić information content (AvgIpc) is 2.39. The first-order valence-corrected chi connectivity index (χ1v) is 7.21. The Morgan fingerprint density at radius 1 is 1.24 bits per heavy atom. The van der Waals surface area contributed by atoms with Crippen LogP contribution in [0.15, 0.2) is 24.3 Å². The molecule has 21 heavy (non-hydrogen) atoms. The zero-order valence-electron chi connectivity index (χ0n) is 12.8. The number of benzene rings is 1. The summed E-state index contributed by atoms with van der Waals surface area (Å²) in [4.78, 5) is 23.1. The molecule has 0 aliphatic heterocycles. The highest BCUT2D eigenvalue weighted by Crippen LogP contribution is 2.13. The van der Waals surface area contributed by atoms with Gasteiger partial charge in [-0.3, -0.25) is 9.59 Å². The van der Waals surface area contributed by atoms with E-state index in [4.69, 9.17) is 5.11 Å². The van der Waals surface area contributed by atoms with Crippen LogP contribution < -0.4 is 10.6 Å². The lowest BCUT2D eigenvalue weighted by atomic mass is 10.1. The van der Waals surface area contributed by atoms with Crippen LogP contribution in [0, 0.1) is 12.8 Å². The quantitative estimate of drug-likeness (QED) is 0.687. The fourth-order valence-electron chi connectivity index (χ4n) is 1.89. The second-order valence-corrected chi connectivity index (χ2v) is 5.59. The molecular formula is C16H24N2O3.